The van der Waals surface area contributed by atoms with Crippen LogP contribution in [0.4, 0.5) is 4.39 Å². The highest BCUT2D eigenvalue weighted by molar-refractivity contribution is 7.89. The third-order valence-electron chi connectivity index (χ3n) is 3.55. The highest BCUT2D eigenvalue weighted by Gasteiger charge is 2.16. The van der Waals surface area contributed by atoms with Crippen LogP contribution in [0.5, 0.6) is 5.75 Å². The normalized spacial score (nSPS) is 11.1. The Morgan fingerprint density at radius 1 is 1.24 bits per heavy atom. The van der Waals surface area contributed by atoms with E-state index < -0.39 is 10.0 Å². The van der Waals surface area contributed by atoms with Gasteiger partial charge in [0, 0.05) is 6.54 Å². The molecule has 0 heterocycles. The SMILES string of the molecule is CCOc1ccc(S(=O)(=O)NCCCc2ccccc2F)cc1C#N. The lowest BCUT2D eigenvalue weighted by molar-refractivity contribution is 0.339. The van der Waals surface area contributed by atoms with Crippen LogP contribution in [0.25, 0.3) is 0 Å². The van der Waals surface area contributed by atoms with E-state index >= 15 is 0 Å². The summed E-state index contributed by atoms with van der Waals surface area (Å²) >= 11 is 0. The average Bonchev–Trinajstić information content (AvgIpc) is 2.60. The lowest BCUT2D eigenvalue weighted by atomic mass is 10.1. The van der Waals surface area contributed by atoms with Gasteiger partial charge in [0.1, 0.15) is 17.6 Å². The van der Waals surface area contributed by atoms with E-state index in [0.717, 1.165) is 0 Å². The summed E-state index contributed by atoms with van der Waals surface area (Å²) in [6, 6.07) is 12.5. The number of hydrogen-bond acceptors (Lipinski definition) is 4. The van der Waals surface area contributed by atoms with E-state index in [4.69, 9.17) is 10.00 Å². The lowest BCUT2D eigenvalue weighted by Gasteiger charge is -2.10. The van der Waals surface area contributed by atoms with Crippen LogP contribution in [0.15, 0.2) is 47.4 Å². The van der Waals surface area contributed by atoms with E-state index in [1.165, 1.54) is 24.3 Å². The molecule has 7 heteroatoms. The van der Waals surface area contributed by atoms with Crippen molar-refractivity contribution in [2.75, 3.05) is 13.2 Å². The van der Waals surface area contributed by atoms with Crippen LogP contribution in [-0.2, 0) is 16.4 Å². The van der Waals surface area contributed by atoms with Gasteiger partial charge in [-0.3, -0.25) is 0 Å². The second-order valence-electron chi connectivity index (χ2n) is 5.30. The number of halogens is 1. The number of ether oxygens (including phenoxy) is 1. The van der Waals surface area contributed by atoms with Gasteiger partial charge in [0.15, 0.2) is 0 Å². The zero-order valence-corrected chi connectivity index (χ0v) is 14.6. The molecule has 0 aliphatic heterocycles. The van der Waals surface area contributed by atoms with Gasteiger partial charge < -0.3 is 4.74 Å². The van der Waals surface area contributed by atoms with E-state index in [0.29, 0.717) is 30.8 Å². The zero-order valence-electron chi connectivity index (χ0n) is 13.8. The molecule has 0 spiro atoms. The maximum Gasteiger partial charge on any atom is 0.240 e. The molecular formula is C18H19FN2O3S. The van der Waals surface area contributed by atoms with Crippen LogP contribution in [0, 0.1) is 17.1 Å². The van der Waals surface area contributed by atoms with Gasteiger partial charge in [-0.15, -0.1) is 0 Å². The lowest BCUT2D eigenvalue weighted by Crippen LogP contribution is -2.25. The van der Waals surface area contributed by atoms with E-state index in [-0.39, 0.29) is 22.8 Å². The minimum absolute atomic E-state index is 0.00149. The minimum atomic E-state index is -3.74. The van der Waals surface area contributed by atoms with Gasteiger partial charge in [0.2, 0.25) is 10.0 Å². The summed E-state index contributed by atoms with van der Waals surface area (Å²) in [5, 5.41) is 9.12. The van der Waals surface area contributed by atoms with E-state index in [2.05, 4.69) is 4.72 Å². The number of nitrogens with zero attached hydrogens (tertiary/aromatic N) is 1. The summed E-state index contributed by atoms with van der Waals surface area (Å²) < 4.78 is 45.9. The minimum Gasteiger partial charge on any atom is -0.492 e. The van der Waals surface area contributed by atoms with Gasteiger partial charge in [-0.2, -0.15) is 5.26 Å². The molecule has 0 saturated heterocycles. The fourth-order valence-corrected chi connectivity index (χ4v) is 3.41. The standard InChI is InChI=1S/C18H19FN2O3S/c1-2-24-18-10-9-16(12-15(18)13-20)25(22,23)21-11-5-7-14-6-3-4-8-17(14)19/h3-4,6,8-10,12,21H,2,5,7,11H2,1H3. The predicted octanol–water partition coefficient (Wildman–Crippen LogP) is 3.01. The van der Waals surface area contributed by atoms with Gasteiger partial charge in [-0.25, -0.2) is 17.5 Å². The summed E-state index contributed by atoms with van der Waals surface area (Å²) in [5.41, 5.74) is 0.714. The van der Waals surface area contributed by atoms with Gasteiger partial charge in [-0.05, 0) is 49.6 Å². The molecule has 0 aromatic heterocycles. The van der Waals surface area contributed by atoms with Crippen molar-refractivity contribution in [1.82, 2.24) is 4.72 Å². The molecule has 0 bridgehead atoms. The second-order valence-corrected chi connectivity index (χ2v) is 7.06. The van der Waals surface area contributed by atoms with Crippen LogP contribution in [0.1, 0.15) is 24.5 Å². The Morgan fingerprint density at radius 3 is 2.68 bits per heavy atom. The average molecular weight is 362 g/mol. The Hall–Kier alpha value is -2.43. The van der Waals surface area contributed by atoms with Crippen LogP contribution in [0.3, 0.4) is 0 Å². The fourth-order valence-electron chi connectivity index (χ4n) is 2.31. The fraction of sp³-hybridized carbons (Fsp3) is 0.278. The first-order valence-electron chi connectivity index (χ1n) is 7.88. The van der Waals surface area contributed by atoms with E-state index in [1.807, 2.05) is 6.07 Å². The van der Waals surface area contributed by atoms with E-state index in [1.54, 1.807) is 25.1 Å². The largest absolute Gasteiger partial charge is 0.492 e. The monoisotopic (exact) mass is 362 g/mol. The Balaban J connectivity index is 2.00. The smallest absolute Gasteiger partial charge is 0.240 e. The van der Waals surface area contributed by atoms with Crippen molar-refractivity contribution in [1.29, 1.82) is 5.26 Å². The van der Waals surface area contributed by atoms with Gasteiger partial charge in [0.05, 0.1) is 17.1 Å². The third kappa shape index (κ3) is 5.02. The van der Waals surface area contributed by atoms with Crippen LogP contribution < -0.4 is 9.46 Å². The molecule has 5 nitrogen and oxygen atoms in total. The van der Waals surface area contributed by atoms with Crippen LogP contribution >= 0.6 is 0 Å². The highest BCUT2D eigenvalue weighted by Crippen LogP contribution is 2.22. The molecule has 0 aliphatic carbocycles. The molecule has 0 saturated carbocycles. The first-order chi connectivity index (χ1) is 12.0. The molecule has 2 aromatic rings. The van der Waals surface area contributed by atoms with Gasteiger partial charge in [0.25, 0.3) is 0 Å². The van der Waals surface area contributed by atoms with Crippen molar-refractivity contribution in [3.05, 3.63) is 59.4 Å². The van der Waals surface area contributed by atoms with Crippen molar-refractivity contribution in [3.63, 3.8) is 0 Å². The molecule has 0 amide bonds. The van der Waals surface area contributed by atoms with Crippen LogP contribution in [-0.4, -0.2) is 21.6 Å². The number of hydrogen-bond donors (Lipinski definition) is 1. The summed E-state index contributed by atoms with van der Waals surface area (Å²) in [6.45, 7) is 2.34. The number of rotatable bonds is 8. The maximum atomic E-state index is 13.5. The maximum absolute atomic E-state index is 13.5. The summed E-state index contributed by atoms with van der Waals surface area (Å²) in [7, 11) is -3.74. The van der Waals surface area contributed by atoms with Gasteiger partial charge in [-0.1, -0.05) is 18.2 Å². The Kier molecular flexibility index (Phi) is 6.51. The Labute approximate surface area is 147 Å². The molecule has 2 rings (SSSR count). The predicted molar refractivity (Wildman–Crippen MR) is 92.2 cm³/mol. The molecule has 25 heavy (non-hydrogen) atoms. The molecule has 0 aliphatic rings. The molecule has 0 radical (unpaired) electrons. The number of benzene rings is 2. The Bertz CT molecular complexity index is 876. The number of nitriles is 1. The third-order valence-corrected chi connectivity index (χ3v) is 5.01. The van der Waals surface area contributed by atoms with Crippen molar-refractivity contribution < 1.29 is 17.5 Å². The van der Waals surface area contributed by atoms with Crippen molar-refractivity contribution in [3.8, 4) is 11.8 Å². The summed E-state index contributed by atoms with van der Waals surface area (Å²) in [4.78, 5) is -0.00149. The first kappa shape index (κ1) is 18.9. The van der Waals surface area contributed by atoms with Crippen LogP contribution in [0.2, 0.25) is 0 Å². The molecule has 2 aromatic carbocycles. The topological polar surface area (TPSA) is 79.2 Å². The zero-order chi connectivity index (χ0) is 18.3. The second kappa shape index (κ2) is 8.60. The molecular weight excluding hydrogens is 343 g/mol. The van der Waals surface area contributed by atoms with E-state index in [9.17, 15) is 12.8 Å². The number of aryl methyl sites for hydroxylation is 1. The molecule has 0 fully saturated rings. The van der Waals surface area contributed by atoms with Gasteiger partial charge >= 0.3 is 0 Å². The highest BCUT2D eigenvalue weighted by atomic mass is 32.2. The molecule has 132 valence electrons. The van der Waals surface area contributed by atoms with Crippen molar-refractivity contribution >= 4 is 10.0 Å². The van der Waals surface area contributed by atoms with Crippen molar-refractivity contribution in [2.24, 2.45) is 0 Å². The quantitative estimate of drug-likeness (QED) is 0.732. The summed E-state index contributed by atoms with van der Waals surface area (Å²) in [5.74, 6) is 0.0547. The number of nitrogens with one attached hydrogen (secondary N) is 1. The Morgan fingerprint density at radius 2 is 2.00 bits per heavy atom. The van der Waals surface area contributed by atoms with Crippen molar-refractivity contribution in [2.45, 2.75) is 24.7 Å². The summed E-state index contributed by atoms with van der Waals surface area (Å²) in [6.07, 6.45) is 0.893. The molecule has 1 N–H and O–H groups in total. The molecule has 0 atom stereocenters. The molecule has 0 unspecified atom stereocenters. The first-order valence-corrected chi connectivity index (χ1v) is 9.36. The number of sulfonamides is 1.